The van der Waals surface area contributed by atoms with Gasteiger partial charge in [-0.2, -0.15) is 0 Å². The lowest BCUT2D eigenvalue weighted by Gasteiger charge is -2.27. The van der Waals surface area contributed by atoms with Gasteiger partial charge in [-0.1, -0.05) is 11.6 Å². The van der Waals surface area contributed by atoms with E-state index < -0.39 is 0 Å². The van der Waals surface area contributed by atoms with E-state index in [0.717, 1.165) is 42.7 Å². The summed E-state index contributed by atoms with van der Waals surface area (Å²) in [5.41, 5.74) is 1.13. The minimum Gasteiger partial charge on any atom is -0.457 e. The Bertz CT molecular complexity index is 550. The molecule has 0 bridgehead atoms. The molecule has 3 nitrogen and oxygen atoms in total. The van der Waals surface area contributed by atoms with Gasteiger partial charge >= 0.3 is 0 Å². The van der Waals surface area contributed by atoms with E-state index in [9.17, 15) is 0 Å². The number of anilines is 1. The van der Waals surface area contributed by atoms with E-state index in [4.69, 9.17) is 16.3 Å². The third kappa shape index (κ3) is 3.44. The van der Waals surface area contributed by atoms with Gasteiger partial charge in [0.25, 0.3) is 0 Å². The smallest absolute Gasteiger partial charge is 0.127 e. The molecule has 1 heterocycles. The van der Waals surface area contributed by atoms with Crippen LogP contribution in [0.15, 0.2) is 48.5 Å². The zero-order valence-corrected chi connectivity index (χ0v) is 11.9. The number of rotatable bonds is 5. The average Bonchev–Trinajstić information content (AvgIpc) is 2.42. The van der Waals surface area contributed by atoms with Crippen LogP contribution in [-0.4, -0.2) is 19.6 Å². The van der Waals surface area contributed by atoms with Crippen molar-refractivity contribution in [3.05, 3.63) is 53.6 Å². The van der Waals surface area contributed by atoms with Crippen molar-refractivity contribution < 1.29 is 4.74 Å². The first kappa shape index (κ1) is 13.3. The molecule has 1 aliphatic heterocycles. The van der Waals surface area contributed by atoms with Crippen LogP contribution < -0.4 is 15.4 Å². The highest BCUT2D eigenvalue weighted by molar-refractivity contribution is 6.30. The number of ether oxygens (including phenoxy) is 1. The summed E-state index contributed by atoms with van der Waals surface area (Å²) in [4.78, 5) is 0. The fourth-order valence-electron chi connectivity index (χ4n) is 2.03. The fourth-order valence-corrected chi connectivity index (χ4v) is 2.16. The van der Waals surface area contributed by atoms with Crippen molar-refractivity contribution in [1.82, 2.24) is 5.32 Å². The molecule has 0 amide bonds. The van der Waals surface area contributed by atoms with E-state index in [0.29, 0.717) is 5.02 Å². The van der Waals surface area contributed by atoms with Gasteiger partial charge in [0.05, 0.1) is 0 Å². The highest BCUT2D eigenvalue weighted by Gasteiger charge is 2.15. The second kappa shape index (κ2) is 6.16. The molecule has 20 heavy (non-hydrogen) atoms. The molecule has 1 fully saturated rings. The second-order valence-electron chi connectivity index (χ2n) is 4.99. The topological polar surface area (TPSA) is 33.3 Å². The minimum atomic E-state index is 0.711. The molecular weight excluding hydrogens is 272 g/mol. The van der Waals surface area contributed by atoms with Crippen LogP contribution in [0.1, 0.15) is 0 Å². The molecular formula is C16H17ClN2O. The Morgan fingerprint density at radius 3 is 2.15 bits per heavy atom. The molecule has 0 aromatic heterocycles. The summed E-state index contributed by atoms with van der Waals surface area (Å²) in [6, 6.07) is 15.4. The van der Waals surface area contributed by atoms with Crippen LogP contribution in [0.4, 0.5) is 5.69 Å². The molecule has 0 saturated carbocycles. The third-order valence-corrected chi connectivity index (χ3v) is 3.62. The lowest BCUT2D eigenvalue weighted by Crippen LogP contribution is -2.45. The maximum Gasteiger partial charge on any atom is 0.127 e. The molecule has 2 aromatic rings. The molecule has 0 spiro atoms. The lowest BCUT2D eigenvalue weighted by atomic mass is 10.0. The maximum absolute atomic E-state index is 5.84. The molecule has 3 rings (SSSR count). The average molecular weight is 289 g/mol. The molecule has 0 atom stereocenters. The number of hydrogen-bond donors (Lipinski definition) is 2. The lowest BCUT2D eigenvalue weighted by molar-refractivity contribution is 0.365. The van der Waals surface area contributed by atoms with E-state index >= 15 is 0 Å². The van der Waals surface area contributed by atoms with Crippen molar-refractivity contribution in [2.24, 2.45) is 5.92 Å². The molecule has 104 valence electrons. The highest BCUT2D eigenvalue weighted by Crippen LogP contribution is 2.24. The van der Waals surface area contributed by atoms with Gasteiger partial charge in [-0.05, 0) is 48.5 Å². The van der Waals surface area contributed by atoms with Crippen molar-refractivity contribution in [3.63, 3.8) is 0 Å². The third-order valence-electron chi connectivity index (χ3n) is 3.36. The van der Waals surface area contributed by atoms with Gasteiger partial charge in [0.1, 0.15) is 11.5 Å². The summed E-state index contributed by atoms with van der Waals surface area (Å²) >= 11 is 5.84. The van der Waals surface area contributed by atoms with Crippen molar-refractivity contribution in [2.75, 3.05) is 25.0 Å². The molecule has 0 radical (unpaired) electrons. The highest BCUT2D eigenvalue weighted by atomic mass is 35.5. The van der Waals surface area contributed by atoms with Crippen molar-refractivity contribution in [2.45, 2.75) is 0 Å². The molecule has 2 aromatic carbocycles. The number of nitrogens with one attached hydrogen (secondary N) is 2. The summed E-state index contributed by atoms with van der Waals surface area (Å²) in [7, 11) is 0. The Morgan fingerprint density at radius 1 is 1.00 bits per heavy atom. The molecule has 0 aliphatic carbocycles. The van der Waals surface area contributed by atoms with E-state index in [1.54, 1.807) is 0 Å². The van der Waals surface area contributed by atoms with Gasteiger partial charge in [-0.25, -0.2) is 0 Å². The number of hydrogen-bond acceptors (Lipinski definition) is 3. The maximum atomic E-state index is 5.84. The van der Waals surface area contributed by atoms with E-state index in [1.807, 2.05) is 48.5 Å². The number of benzene rings is 2. The second-order valence-corrected chi connectivity index (χ2v) is 5.42. The Kier molecular flexibility index (Phi) is 4.09. The van der Waals surface area contributed by atoms with E-state index in [1.165, 1.54) is 0 Å². The zero-order valence-electron chi connectivity index (χ0n) is 11.1. The number of halogens is 1. The fraction of sp³-hybridized carbons (Fsp3) is 0.250. The van der Waals surface area contributed by atoms with Crippen molar-refractivity contribution in [1.29, 1.82) is 0 Å². The quantitative estimate of drug-likeness (QED) is 0.879. The first-order valence-electron chi connectivity index (χ1n) is 6.78. The Balaban J connectivity index is 1.56. The van der Waals surface area contributed by atoms with Gasteiger partial charge < -0.3 is 15.4 Å². The summed E-state index contributed by atoms with van der Waals surface area (Å²) < 4.78 is 5.75. The van der Waals surface area contributed by atoms with Crippen LogP contribution in [0.5, 0.6) is 11.5 Å². The van der Waals surface area contributed by atoms with Crippen LogP contribution in [0.2, 0.25) is 5.02 Å². The van der Waals surface area contributed by atoms with Gasteiger partial charge in [-0.15, -0.1) is 0 Å². The first-order chi connectivity index (χ1) is 9.79. The summed E-state index contributed by atoms with van der Waals surface area (Å²) in [5, 5.41) is 7.41. The normalized spacial score (nSPS) is 14.7. The van der Waals surface area contributed by atoms with Crippen LogP contribution in [0, 0.1) is 5.92 Å². The van der Waals surface area contributed by atoms with Gasteiger partial charge in [0.15, 0.2) is 0 Å². The SMILES string of the molecule is Clc1ccc(Oc2ccc(NCC3CNC3)cc2)cc1. The summed E-state index contributed by atoms with van der Waals surface area (Å²) in [5.74, 6) is 2.36. The standard InChI is InChI=1S/C16H17ClN2O/c17-13-1-5-15(6-2-13)20-16-7-3-14(4-8-16)19-11-12-9-18-10-12/h1-8,12,18-19H,9-11H2. The Labute approximate surface area is 123 Å². The zero-order chi connectivity index (χ0) is 13.8. The van der Waals surface area contributed by atoms with Gasteiger partial charge in [0.2, 0.25) is 0 Å². The van der Waals surface area contributed by atoms with Crippen LogP contribution in [-0.2, 0) is 0 Å². The molecule has 4 heteroatoms. The Morgan fingerprint density at radius 2 is 1.60 bits per heavy atom. The Hall–Kier alpha value is -1.71. The molecule has 1 aliphatic rings. The molecule has 0 unspecified atom stereocenters. The van der Waals surface area contributed by atoms with Crippen LogP contribution >= 0.6 is 11.6 Å². The summed E-state index contributed by atoms with van der Waals surface area (Å²) in [6.07, 6.45) is 0. The van der Waals surface area contributed by atoms with Crippen LogP contribution in [0.3, 0.4) is 0 Å². The van der Waals surface area contributed by atoms with Gasteiger partial charge in [-0.3, -0.25) is 0 Å². The van der Waals surface area contributed by atoms with Crippen molar-refractivity contribution in [3.8, 4) is 11.5 Å². The monoisotopic (exact) mass is 288 g/mol. The van der Waals surface area contributed by atoms with Crippen molar-refractivity contribution >= 4 is 17.3 Å². The summed E-state index contributed by atoms with van der Waals surface area (Å²) in [6.45, 7) is 3.25. The molecule has 2 N–H and O–H groups in total. The predicted octanol–water partition coefficient (Wildman–Crippen LogP) is 3.76. The minimum absolute atomic E-state index is 0.711. The van der Waals surface area contributed by atoms with E-state index in [2.05, 4.69) is 10.6 Å². The largest absolute Gasteiger partial charge is 0.457 e. The van der Waals surface area contributed by atoms with Crippen LogP contribution in [0.25, 0.3) is 0 Å². The van der Waals surface area contributed by atoms with Gasteiger partial charge in [0, 0.05) is 36.3 Å². The predicted molar refractivity (Wildman–Crippen MR) is 82.8 cm³/mol. The first-order valence-corrected chi connectivity index (χ1v) is 7.15. The molecule has 1 saturated heterocycles. The van der Waals surface area contributed by atoms with E-state index in [-0.39, 0.29) is 0 Å².